The summed E-state index contributed by atoms with van der Waals surface area (Å²) in [6, 6.07) is 6.70. The van der Waals surface area contributed by atoms with Gasteiger partial charge in [0.15, 0.2) is 0 Å². The van der Waals surface area contributed by atoms with Gasteiger partial charge in [-0.15, -0.1) is 0 Å². The summed E-state index contributed by atoms with van der Waals surface area (Å²) in [5.41, 5.74) is 0.358. The maximum atomic E-state index is 11.9. The number of carbonyl (C=O) groups excluding carboxylic acids is 2. The predicted molar refractivity (Wildman–Crippen MR) is 80.2 cm³/mol. The Morgan fingerprint density at radius 1 is 1.38 bits per heavy atom. The number of nitrogens with one attached hydrogen (secondary N) is 1. The lowest BCUT2D eigenvalue weighted by Crippen LogP contribution is -2.43. The van der Waals surface area contributed by atoms with E-state index in [4.69, 9.17) is 11.6 Å². The van der Waals surface area contributed by atoms with Crippen molar-refractivity contribution in [2.24, 2.45) is 5.92 Å². The fourth-order valence-corrected chi connectivity index (χ4v) is 2.59. The highest BCUT2D eigenvalue weighted by molar-refractivity contribution is 6.33. The molecule has 0 atom stereocenters. The third-order valence-corrected chi connectivity index (χ3v) is 4.02. The van der Waals surface area contributed by atoms with Gasteiger partial charge >= 0.3 is 0 Å². The Kier molecular flexibility index (Phi) is 5.20. The fraction of sp³-hybridized carbons (Fsp3) is 0.467. The molecule has 0 bridgehead atoms. The third kappa shape index (κ3) is 4.19. The number of amides is 2. The Morgan fingerprint density at radius 2 is 2.05 bits per heavy atom. The lowest BCUT2D eigenvalue weighted by molar-refractivity contribution is -0.130. The standard InChI is InChI=1S/C15H19ClN2O3/c1-18(9-10-6-11(19)7-10)14(20)8-17-15(21)12-4-2-3-5-13(12)16/h2-5,10-11,19H,6-9H2,1H3,(H,17,21). The molecule has 1 fully saturated rings. The predicted octanol–water partition coefficient (Wildman–Crippen LogP) is 1.30. The van der Waals surface area contributed by atoms with Crippen molar-refractivity contribution >= 4 is 23.4 Å². The molecule has 1 aromatic carbocycles. The fourth-order valence-electron chi connectivity index (χ4n) is 2.37. The minimum absolute atomic E-state index is 0.0597. The topological polar surface area (TPSA) is 69.6 Å². The van der Waals surface area contributed by atoms with Crippen LogP contribution in [-0.2, 0) is 4.79 Å². The maximum Gasteiger partial charge on any atom is 0.253 e. The zero-order valence-electron chi connectivity index (χ0n) is 11.9. The molecule has 0 unspecified atom stereocenters. The first-order valence-corrected chi connectivity index (χ1v) is 7.30. The molecule has 1 aromatic rings. The van der Waals surface area contributed by atoms with E-state index in [1.807, 2.05) is 0 Å². The molecule has 21 heavy (non-hydrogen) atoms. The molecule has 0 heterocycles. The average Bonchev–Trinajstić information content (AvgIpc) is 2.43. The van der Waals surface area contributed by atoms with E-state index in [9.17, 15) is 14.7 Å². The first kappa shape index (κ1) is 15.8. The Bertz CT molecular complexity index is 529. The Balaban J connectivity index is 1.78. The van der Waals surface area contributed by atoms with Crippen LogP contribution in [0.4, 0.5) is 0 Å². The third-order valence-electron chi connectivity index (χ3n) is 3.69. The number of carbonyl (C=O) groups is 2. The molecule has 2 amide bonds. The van der Waals surface area contributed by atoms with E-state index in [-0.39, 0.29) is 24.5 Å². The van der Waals surface area contributed by atoms with Crippen molar-refractivity contribution in [1.29, 1.82) is 0 Å². The number of likely N-dealkylation sites (N-methyl/N-ethyl adjacent to an activating group) is 1. The summed E-state index contributed by atoms with van der Waals surface area (Å²) in [5, 5.41) is 12.2. The van der Waals surface area contributed by atoms with E-state index in [1.165, 1.54) is 0 Å². The van der Waals surface area contributed by atoms with Gasteiger partial charge in [-0.25, -0.2) is 0 Å². The number of nitrogens with zero attached hydrogens (tertiary/aromatic N) is 1. The van der Waals surface area contributed by atoms with Gasteiger partial charge in [0.05, 0.1) is 23.2 Å². The van der Waals surface area contributed by atoms with Crippen LogP contribution in [0.2, 0.25) is 5.02 Å². The highest BCUT2D eigenvalue weighted by Gasteiger charge is 2.29. The molecule has 1 saturated carbocycles. The molecule has 0 spiro atoms. The van der Waals surface area contributed by atoms with Crippen molar-refractivity contribution in [3.8, 4) is 0 Å². The van der Waals surface area contributed by atoms with E-state index in [0.717, 1.165) is 12.8 Å². The van der Waals surface area contributed by atoms with Crippen LogP contribution in [0.5, 0.6) is 0 Å². The molecule has 1 aliphatic rings. The average molecular weight is 311 g/mol. The van der Waals surface area contributed by atoms with Gasteiger partial charge < -0.3 is 15.3 Å². The van der Waals surface area contributed by atoms with Gasteiger partial charge in [0.25, 0.3) is 5.91 Å². The van der Waals surface area contributed by atoms with Gasteiger partial charge in [0.1, 0.15) is 0 Å². The monoisotopic (exact) mass is 310 g/mol. The number of rotatable bonds is 5. The van der Waals surface area contributed by atoms with Crippen molar-refractivity contribution < 1.29 is 14.7 Å². The van der Waals surface area contributed by atoms with Crippen molar-refractivity contribution in [3.05, 3.63) is 34.9 Å². The number of hydrogen-bond acceptors (Lipinski definition) is 3. The summed E-state index contributed by atoms with van der Waals surface area (Å²) in [6.07, 6.45) is 1.26. The van der Waals surface area contributed by atoms with Crippen molar-refractivity contribution in [2.75, 3.05) is 20.1 Å². The van der Waals surface area contributed by atoms with Crippen molar-refractivity contribution in [3.63, 3.8) is 0 Å². The van der Waals surface area contributed by atoms with Crippen molar-refractivity contribution in [2.45, 2.75) is 18.9 Å². The van der Waals surface area contributed by atoms with Crippen LogP contribution >= 0.6 is 11.6 Å². The number of halogens is 1. The molecular weight excluding hydrogens is 292 g/mol. The second-order valence-electron chi connectivity index (χ2n) is 5.43. The quantitative estimate of drug-likeness (QED) is 0.861. The van der Waals surface area contributed by atoms with Crippen LogP contribution in [0.15, 0.2) is 24.3 Å². The van der Waals surface area contributed by atoms with Gasteiger partial charge in [-0.2, -0.15) is 0 Å². The molecule has 5 nitrogen and oxygen atoms in total. The molecule has 0 aliphatic heterocycles. The molecule has 1 aliphatic carbocycles. The van der Waals surface area contributed by atoms with E-state index < -0.39 is 0 Å². The van der Waals surface area contributed by atoms with Gasteiger partial charge in [-0.3, -0.25) is 9.59 Å². The van der Waals surface area contributed by atoms with Crippen LogP contribution < -0.4 is 5.32 Å². The second kappa shape index (κ2) is 6.91. The van der Waals surface area contributed by atoms with Crippen LogP contribution in [0.25, 0.3) is 0 Å². The molecule has 2 N–H and O–H groups in total. The summed E-state index contributed by atoms with van der Waals surface area (Å²) in [5.74, 6) is -0.161. The molecule has 114 valence electrons. The number of benzene rings is 1. The summed E-state index contributed by atoms with van der Waals surface area (Å²) in [7, 11) is 1.70. The van der Waals surface area contributed by atoms with Crippen LogP contribution in [0, 0.1) is 5.92 Å². The van der Waals surface area contributed by atoms with Gasteiger partial charge in [-0.05, 0) is 30.9 Å². The van der Waals surface area contributed by atoms with Crippen LogP contribution in [0.1, 0.15) is 23.2 Å². The lowest BCUT2D eigenvalue weighted by Gasteiger charge is -2.34. The van der Waals surface area contributed by atoms with Crippen molar-refractivity contribution in [1.82, 2.24) is 10.2 Å². The highest BCUT2D eigenvalue weighted by Crippen LogP contribution is 2.27. The van der Waals surface area contributed by atoms with E-state index >= 15 is 0 Å². The molecule has 0 aromatic heterocycles. The highest BCUT2D eigenvalue weighted by atomic mass is 35.5. The summed E-state index contributed by atoms with van der Waals surface area (Å²) >= 11 is 5.93. The maximum absolute atomic E-state index is 11.9. The lowest BCUT2D eigenvalue weighted by atomic mass is 9.82. The Hall–Kier alpha value is -1.59. The summed E-state index contributed by atoms with van der Waals surface area (Å²) in [6.45, 7) is 0.549. The van der Waals surface area contributed by atoms with Crippen LogP contribution in [0.3, 0.4) is 0 Å². The molecule has 2 rings (SSSR count). The zero-order valence-corrected chi connectivity index (χ0v) is 12.6. The van der Waals surface area contributed by atoms with E-state index in [1.54, 1.807) is 36.2 Å². The first-order valence-electron chi connectivity index (χ1n) is 6.92. The summed E-state index contributed by atoms with van der Waals surface area (Å²) < 4.78 is 0. The largest absolute Gasteiger partial charge is 0.393 e. The molecule has 6 heteroatoms. The molecular formula is C15H19ClN2O3. The first-order chi connectivity index (χ1) is 9.97. The summed E-state index contributed by atoms with van der Waals surface area (Å²) in [4.78, 5) is 25.4. The van der Waals surface area contributed by atoms with Gasteiger partial charge in [-0.1, -0.05) is 23.7 Å². The number of hydrogen-bond donors (Lipinski definition) is 2. The zero-order chi connectivity index (χ0) is 15.4. The van der Waals surface area contributed by atoms with Crippen LogP contribution in [-0.4, -0.2) is 48.1 Å². The Morgan fingerprint density at radius 3 is 2.67 bits per heavy atom. The minimum Gasteiger partial charge on any atom is -0.393 e. The van der Waals surface area contributed by atoms with Gasteiger partial charge in [0.2, 0.25) is 5.91 Å². The SMILES string of the molecule is CN(CC1CC(O)C1)C(=O)CNC(=O)c1ccccc1Cl. The minimum atomic E-state index is -0.360. The number of aliphatic hydroxyl groups is 1. The molecule has 0 radical (unpaired) electrons. The normalized spacial score (nSPS) is 20.5. The Labute approximate surface area is 128 Å². The van der Waals surface area contributed by atoms with E-state index in [2.05, 4.69) is 5.32 Å². The molecule has 0 saturated heterocycles. The van der Waals surface area contributed by atoms with Gasteiger partial charge in [0, 0.05) is 13.6 Å². The van der Waals surface area contributed by atoms with E-state index in [0.29, 0.717) is 23.0 Å². The second-order valence-corrected chi connectivity index (χ2v) is 5.84. The number of aliphatic hydroxyl groups excluding tert-OH is 1. The smallest absolute Gasteiger partial charge is 0.253 e.